The summed E-state index contributed by atoms with van der Waals surface area (Å²) in [5, 5.41) is 20.3. The minimum atomic E-state index is -5.04. The van der Waals surface area contributed by atoms with Crippen molar-refractivity contribution in [2.45, 2.75) is 9.79 Å². The van der Waals surface area contributed by atoms with Crippen molar-refractivity contribution in [3.8, 4) is 11.5 Å². The first-order valence-corrected chi connectivity index (χ1v) is 9.91. The number of benzene rings is 2. The van der Waals surface area contributed by atoms with Gasteiger partial charge in [0.1, 0.15) is 21.3 Å². The predicted molar refractivity (Wildman–Crippen MR) is 91.5 cm³/mol. The summed E-state index contributed by atoms with van der Waals surface area (Å²) in [5.74, 6) is -5.11. The molecule has 0 amide bonds. The second-order valence-corrected chi connectivity index (χ2v) is 8.51. The second kappa shape index (κ2) is 5.65. The Balaban J connectivity index is 2.50. The average molecular weight is 430 g/mol. The first kappa shape index (κ1) is 19.6. The van der Waals surface area contributed by atoms with Crippen molar-refractivity contribution in [3.63, 3.8) is 0 Å². The average Bonchev–Trinajstić information content (AvgIpc) is 2.53. The van der Waals surface area contributed by atoms with Crippen LogP contribution in [0.5, 0.6) is 11.5 Å². The Bertz CT molecular complexity index is 1220. The van der Waals surface area contributed by atoms with Gasteiger partial charge in [0, 0.05) is 11.4 Å². The number of fused-ring (bicyclic) bond motifs is 2. The topological polar surface area (TPSA) is 235 Å². The molecule has 2 aromatic rings. The Morgan fingerprint density at radius 3 is 1.18 bits per heavy atom. The molecule has 2 aromatic carbocycles. The lowest BCUT2D eigenvalue weighted by Gasteiger charge is -2.23. The summed E-state index contributed by atoms with van der Waals surface area (Å²) in [6.45, 7) is 0. The fourth-order valence-electron chi connectivity index (χ4n) is 2.91. The number of phenolic OH excluding ortho intramolecular Hbond substituents is 2. The monoisotopic (exact) mass is 430 g/mol. The highest BCUT2D eigenvalue weighted by Gasteiger charge is 2.41. The Morgan fingerprint density at radius 1 is 0.643 bits per heavy atom. The highest BCUT2D eigenvalue weighted by molar-refractivity contribution is 7.86. The summed E-state index contributed by atoms with van der Waals surface area (Å²) in [4.78, 5) is 23.3. The van der Waals surface area contributed by atoms with Crippen molar-refractivity contribution in [2.24, 2.45) is 0 Å². The number of nitrogens with two attached hydrogens (primary N) is 2. The second-order valence-electron chi connectivity index (χ2n) is 5.73. The molecule has 148 valence electrons. The van der Waals surface area contributed by atoms with Gasteiger partial charge < -0.3 is 21.7 Å². The number of rotatable bonds is 2. The SMILES string of the molecule is Nc1cc(S(=O)(=O)O)c(O)c2c1C(=O)c1c(O)c(S(=O)(=O)O)cc(N)c1C2=O. The number of ketones is 2. The first-order chi connectivity index (χ1) is 12.7. The summed E-state index contributed by atoms with van der Waals surface area (Å²) in [5.41, 5.74) is 6.54. The molecule has 1 aliphatic rings. The number of carbonyl (C=O) groups excluding carboxylic acids is 2. The molecule has 1 aliphatic carbocycles. The van der Waals surface area contributed by atoms with E-state index in [1.165, 1.54) is 0 Å². The zero-order valence-electron chi connectivity index (χ0n) is 13.4. The lowest BCUT2D eigenvalue weighted by atomic mass is 9.81. The van der Waals surface area contributed by atoms with Gasteiger partial charge in [0.15, 0.2) is 0 Å². The van der Waals surface area contributed by atoms with E-state index in [0.29, 0.717) is 12.1 Å². The smallest absolute Gasteiger partial charge is 0.298 e. The molecule has 8 N–H and O–H groups in total. The van der Waals surface area contributed by atoms with Crippen LogP contribution in [0.15, 0.2) is 21.9 Å². The Labute approximate surface area is 156 Å². The van der Waals surface area contributed by atoms with Crippen LogP contribution < -0.4 is 11.5 Å². The molecule has 0 heterocycles. The van der Waals surface area contributed by atoms with E-state index >= 15 is 0 Å². The van der Waals surface area contributed by atoms with Crippen LogP contribution in [-0.4, -0.2) is 47.7 Å². The number of carbonyl (C=O) groups is 2. The van der Waals surface area contributed by atoms with Crippen molar-refractivity contribution in [2.75, 3.05) is 11.5 Å². The Kier molecular flexibility index (Phi) is 3.95. The van der Waals surface area contributed by atoms with Crippen LogP contribution in [0.1, 0.15) is 31.8 Å². The van der Waals surface area contributed by atoms with Crippen LogP contribution in [0.25, 0.3) is 0 Å². The zero-order valence-corrected chi connectivity index (χ0v) is 15.0. The van der Waals surface area contributed by atoms with Gasteiger partial charge in [-0.2, -0.15) is 16.8 Å². The molecule has 0 aliphatic heterocycles. The maximum Gasteiger partial charge on any atom is 0.298 e. The van der Waals surface area contributed by atoms with Crippen LogP contribution in [-0.2, 0) is 20.2 Å². The van der Waals surface area contributed by atoms with E-state index in [2.05, 4.69) is 0 Å². The van der Waals surface area contributed by atoms with E-state index in [0.717, 1.165) is 0 Å². The zero-order chi connectivity index (χ0) is 21.3. The quantitative estimate of drug-likeness (QED) is 0.172. The van der Waals surface area contributed by atoms with Gasteiger partial charge in [-0.1, -0.05) is 0 Å². The first-order valence-electron chi connectivity index (χ1n) is 7.03. The van der Waals surface area contributed by atoms with Crippen molar-refractivity contribution >= 4 is 43.2 Å². The van der Waals surface area contributed by atoms with Gasteiger partial charge in [0.2, 0.25) is 11.6 Å². The number of anilines is 2. The van der Waals surface area contributed by atoms with Gasteiger partial charge in [-0.15, -0.1) is 0 Å². The van der Waals surface area contributed by atoms with Gasteiger partial charge in [-0.3, -0.25) is 18.7 Å². The van der Waals surface area contributed by atoms with E-state index in [-0.39, 0.29) is 0 Å². The normalized spacial score (nSPS) is 13.9. The van der Waals surface area contributed by atoms with Crippen molar-refractivity contribution < 1.29 is 45.7 Å². The van der Waals surface area contributed by atoms with Crippen LogP contribution in [0.2, 0.25) is 0 Å². The fourth-order valence-corrected chi connectivity index (χ4v) is 4.15. The van der Waals surface area contributed by atoms with Crippen molar-refractivity contribution in [1.29, 1.82) is 0 Å². The maximum atomic E-state index is 12.8. The molecule has 0 aromatic heterocycles. The summed E-state index contributed by atoms with van der Waals surface area (Å²) in [6.07, 6.45) is 0. The minimum Gasteiger partial charge on any atom is -0.506 e. The number of aromatic hydroxyl groups is 2. The van der Waals surface area contributed by atoms with E-state index in [1.54, 1.807) is 0 Å². The summed E-state index contributed by atoms with van der Waals surface area (Å²) in [6, 6.07) is 1.01. The molecular formula is C14H10N2O10S2. The van der Waals surface area contributed by atoms with Gasteiger partial charge >= 0.3 is 0 Å². The standard InChI is InChI=1S/C14H10N2O10S2/c15-3-1-5(27(21,22)23)11(17)9-7(3)13(19)10-8(14(9)20)4(16)2-6(12(10)18)28(24,25)26/h1-2,17-18H,15-16H2,(H,21,22,23)(H,24,25,26). The molecule has 0 radical (unpaired) electrons. The Hall–Kier alpha value is -3.20. The minimum absolute atomic E-state index is 0.507. The molecule has 28 heavy (non-hydrogen) atoms. The molecule has 12 nitrogen and oxygen atoms in total. The third kappa shape index (κ3) is 2.58. The third-order valence-electron chi connectivity index (χ3n) is 4.05. The molecule has 0 atom stereocenters. The predicted octanol–water partition coefficient (Wildman–Crippen LogP) is -0.469. The van der Waals surface area contributed by atoms with Gasteiger partial charge in [-0.25, -0.2) is 0 Å². The van der Waals surface area contributed by atoms with Crippen molar-refractivity contribution in [3.05, 3.63) is 34.4 Å². The number of hydrogen-bond donors (Lipinski definition) is 6. The van der Waals surface area contributed by atoms with Crippen LogP contribution in [0, 0.1) is 0 Å². The van der Waals surface area contributed by atoms with Gasteiger partial charge in [0.25, 0.3) is 20.2 Å². The molecule has 0 fully saturated rings. The molecule has 3 rings (SSSR count). The fraction of sp³-hybridized carbons (Fsp3) is 0. The molecule has 0 saturated carbocycles. The lowest BCUT2D eigenvalue weighted by Crippen LogP contribution is -2.25. The van der Waals surface area contributed by atoms with Crippen LogP contribution in [0.4, 0.5) is 11.4 Å². The van der Waals surface area contributed by atoms with E-state index in [1.807, 2.05) is 0 Å². The lowest BCUT2D eigenvalue weighted by molar-refractivity contribution is 0.0974. The highest BCUT2D eigenvalue weighted by Crippen LogP contribution is 2.45. The molecule has 0 bridgehead atoms. The largest absolute Gasteiger partial charge is 0.506 e. The van der Waals surface area contributed by atoms with E-state index in [9.17, 15) is 36.6 Å². The highest BCUT2D eigenvalue weighted by atomic mass is 32.2. The van der Waals surface area contributed by atoms with Crippen LogP contribution in [0.3, 0.4) is 0 Å². The number of phenols is 2. The molecule has 0 saturated heterocycles. The van der Waals surface area contributed by atoms with E-state index < -0.39 is 86.7 Å². The number of hydrogen-bond acceptors (Lipinski definition) is 10. The van der Waals surface area contributed by atoms with Crippen LogP contribution >= 0.6 is 0 Å². The number of nitrogen functional groups attached to an aromatic ring is 2. The third-order valence-corrected chi connectivity index (χ3v) is 5.79. The summed E-state index contributed by atoms with van der Waals surface area (Å²) >= 11 is 0. The van der Waals surface area contributed by atoms with Crippen molar-refractivity contribution in [1.82, 2.24) is 0 Å². The molecule has 0 spiro atoms. The van der Waals surface area contributed by atoms with Gasteiger partial charge in [0.05, 0.1) is 22.3 Å². The van der Waals surface area contributed by atoms with Gasteiger partial charge in [-0.05, 0) is 12.1 Å². The summed E-state index contributed by atoms with van der Waals surface area (Å²) < 4.78 is 63.9. The summed E-state index contributed by atoms with van der Waals surface area (Å²) in [7, 11) is -10.1. The maximum absolute atomic E-state index is 12.8. The molecular weight excluding hydrogens is 420 g/mol. The Morgan fingerprint density at radius 2 is 0.929 bits per heavy atom. The van der Waals surface area contributed by atoms with E-state index in [4.69, 9.17) is 20.6 Å². The molecule has 14 heteroatoms. The molecule has 0 unspecified atom stereocenters.